The van der Waals surface area contributed by atoms with E-state index in [0.29, 0.717) is 25.5 Å². The fourth-order valence-electron chi connectivity index (χ4n) is 5.74. The predicted molar refractivity (Wildman–Crippen MR) is 168 cm³/mol. The first-order valence-corrected chi connectivity index (χ1v) is 15.1. The number of hydrazone groups is 1. The number of hydrogen-bond acceptors (Lipinski definition) is 7. The molecule has 0 spiro atoms. The molecule has 1 heterocycles. The maximum atomic E-state index is 13.5. The molecule has 4 aromatic rings. The van der Waals surface area contributed by atoms with E-state index in [1.165, 1.54) is 7.11 Å². The van der Waals surface area contributed by atoms with Crippen molar-refractivity contribution in [2.75, 3.05) is 12.1 Å². The molecule has 4 aromatic carbocycles. The van der Waals surface area contributed by atoms with Crippen LogP contribution in [0.5, 0.6) is 0 Å². The van der Waals surface area contributed by atoms with Crippen LogP contribution in [-0.4, -0.2) is 43.1 Å². The minimum Gasteiger partial charge on any atom is -0.467 e. The summed E-state index contributed by atoms with van der Waals surface area (Å²) in [5.41, 5.74) is 4.57. The van der Waals surface area contributed by atoms with Gasteiger partial charge in [0.25, 0.3) is 0 Å². The molecule has 8 heteroatoms. The summed E-state index contributed by atoms with van der Waals surface area (Å²) in [7, 11) is 1.40. The van der Waals surface area contributed by atoms with Gasteiger partial charge in [-0.3, -0.25) is 5.01 Å². The van der Waals surface area contributed by atoms with Gasteiger partial charge >= 0.3 is 5.97 Å². The van der Waals surface area contributed by atoms with Crippen molar-refractivity contribution in [2.45, 2.75) is 44.2 Å². The molecule has 7 nitrogen and oxygen atoms in total. The van der Waals surface area contributed by atoms with Gasteiger partial charge < -0.3 is 18.9 Å². The van der Waals surface area contributed by atoms with Crippen LogP contribution in [0.2, 0.25) is 0 Å². The van der Waals surface area contributed by atoms with Crippen molar-refractivity contribution in [2.24, 2.45) is 11.0 Å². The second-order valence-electron chi connectivity index (χ2n) is 10.6. The Labute approximate surface area is 260 Å². The van der Waals surface area contributed by atoms with Crippen LogP contribution in [0.15, 0.2) is 125 Å². The van der Waals surface area contributed by atoms with Crippen molar-refractivity contribution in [3.05, 3.63) is 136 Å². The van der Waals surface area contributed by atoms with Gasteiger partial charge in [0.1, 0.15) is 12.2 Å². The molecule has 0 saturated heterocycles. The standard InChI is InChI=1S/C35H33BrN2O5/c1-40-35(39)31-29-30(37-38(31)28-19-17-27(36)18-20-28)33(42-22-25-13-7-3-8-14-25)34(43-23-26-15-9-4-10-16-26)32(29)41-21-24-11-5-2-6-12-24/h2-20,29,31-34H,21-23H2,1H3/t29-,31-,32-,33+,34+/m1/s1. The largest absolute Gasteiger partial charge is 0.467 e. The highest BCUT2D eigenvalue weighted by atomic mass is 79.9. The Morgan fingerprint density at radius 2 is 1.19 bits per heavy atom. The van der Waals surface area contributed by atoms with Crippen LogP contribution in [-0.2, 0) is 43.6 Å². The average molecular weight is 642 g/mol. The molecule has 5 atom stereocenters. The summed E-state index contributed by atoms with van der Waals surface area (Å²) in [6, 6.07) is 36.9. The monoisotopic (exact) mass is 640 g/mol. The molecular formula is C35H33BrN2O5. The number of rotatable bonds is 11. The zero-order valence-corrected chi connectivity index (χ0v) is 25.4. The Morgan fingerprint density at radius 3 is 1.70 bits per heavy atom. The van der Waals surface area contributed by atoms with Crippen molar-refractivity contribution < 1.29 is 23.7 Å². The Morgan fingerprint density at radius 1 is 0.698 bits per heavy atom. The maximum absolute atomic E-state index is 13.5. The van der Waals surface area contributed by atoms with Gasteiger partial charge in [0.2, 0.25) is 0 Å². The first kappa shape index (κ1) is 29.3. The SMILES string of the molecule is COC(=O)[C@H]1[C@H]2C(=NN1c1ccc(Br)cc1)[C@H](OCc1ccccc1)[C@@H](OCc1ccccc1)[C@@H]2OCc1ccccc1. The van der Waals surface area contributed by atoms with E-state index in [-0.39, 0.29) is 0 Å². The van der Waals surface area contributed by atoms with E-state index in [4.69, 9.17) is 24.0 Å². The molecule has 0 aromatic heterocycles. The van der Waals surface area contributed by atoms with E-state index in [1.807, 2.05) is 115 Å². The van der Waals surface area contributed by atoms with Crippen LogP contribution >= 0.6 is 15.9 Å². The number of carbonyl (C=O) groups is 1. The van der Waals surface area contributed by atoms with Crippen LogP contribution in [0.3, 0.4) is 0 Å². The van der Waals surface area contributed by atoms with Gasteiger partial charge in [0.15, 0.2) is 6.04 Å². The highest BCUT2D eigenvalue weighted by Crippen LogP contribution is 2.43. The maximum Gasteiger partial charge on any atom is 0.331 e. The van der Waals surface area contributed by atoms with Crippen molar-refractivity contribution in [3.8, 4) is 0 Å². The first-order valence-electron chi connectivity index (χ1n) is 14.3. The minimum atomic E-state index is -0.755. The fraction of sp³-hybridized carbons (Fsp3) is 0.257. The van der Waals surface area contributed by atoms with Gasteiger partial charge in [0.05, 0.1) is 50.4 Å². The highest BCUT2D eigenvalue weighted by molar-refractivity contribution is 9.10. The average Bonchev–Trinajstić information content (AvgIpc) is 3.57. The predicted octanol–water partition coefficient (Wildman–Crippen LogP) is 6.55. The van der Waals surface area contributed by atoms with E-state index >= 15 is 0 Å². The van der Waals surface area contributed by atoms with Crippen molar-refractivity contribution in [1.29, 1.82) is 0 Å². The van der Waals surface area contributed by atoms with E-state index < -0.39 is 36.2 Å². The van der Waals surface area contributed by atoms with Gasteiger partial charge in [-0.1, -0.05) is 107 Å². The molecule has 1 aliphatic heterocycles. The van der Waals surface area contributed by atoms with Crippen LogP contribution in [0, 0.1) is 5.92 Å². The van der Waals surface area contributed by atoms with Crippen molar-refractivity contribution in [1.82, 2.24) is 0 Å². The number of hydrogen-bond donors (Lipinski definition) is 0. The number of esters is 1. The number of carbonyl (C=O) groups excluding carboxylic acids is 1. The topological polar surface area (TPSA) is 69.6 Å². The van der Waals surface area contributed by atoms with Gasteiger partial charge in [0, 0.05) is 4.47 Å². The summed E-state index contributed by atoms with van der Waals surface area (Å²) >= 11 is 3.51. The van der Waals surface area contributed by atoms with Gasteiger partial charge in [-0.2, -0.15) is 5.10 Å². The summed E-state index contributed by atoms with van der Waals surface area (Å²) in [6.45, 7) is 1.06. The van der Waals surface area contributed by atoms with E-state index in [2.05, 4.69) is 15.9 Å². The summed E-state index contributed by atoms with van der Waals surface area (Å²) in [4.78, 5) is 13.5. The first-order chi connectivity index (χ1) is 21.1. The fourth-order valence-corrected chi connectivity index (χ4v) is 6.00. The Bertz CT molecular complexity index is 1520. The number of nitrogens with zero attached hydrogens (tertiary/aromatic N) is 2. The van der Waals surface area contributed by atoms with Crippen LogP contribution in [0.1, 0.15) is 16.7 Å². The molecule has 1 saturated carbocycles. The van der Waals surface area contributed by atoms with Gasteiger partial charge in [-0.05, 0) is 41.0 Å². The molecular weight excluding hydrogens is 608 g/mol. The quantitative estimate of drug-likeness (QED) is 0.173. The van der Waals surface area contributed by atoms with Crippen molar-refractivity contribution in [3.63, 3.8) is 0 Å². The summed E-state index contributed by atoms with van der Waals surface area (Å²) < 4.78 is 26.2. The Kier molecular flexibility index (Phi) is 9.29. The zero-order chi connectivity index (χ0) is 29.6. The molecule has 0 radical (unpaired) electrons. The van der Waals surface area contributed by atoms with Crippen LogP contribution in [0.25, 0.3) is 0 Å². The van der Waals surface area contributed by atoms with Gasteiger partial charge in [-0.25, -0.2) is 4.79 Å². The van der Waals surface area contributed by atoms with Gasteiger partial charge in [-0.15, -0.1) is 0 Å². The minimum absolute atomic E-state index is 0.345. The number of ether oxygens (including phenoxy) is 4. The normalized spacial score (nSPS) is 22.7. The zero-order valence-electron chi connectivity index (χ0n) is 23.8. The molecule has 1 aliphatic carbocycles. The molecule has 1 fully saturated rings. The number of methoxy groups -OCH3 is 1. The molecule has 0 bridgehead atoms. The summed E-state index contributed by atoms with van der Waals surface area (Å²) in [5.74, 6) is -0.855. The summed E-state index contributed by atoms with van der Waals surface area (Å²) in [6.07, 6.45) is -1.61. The number of halogens is 1. The van der Waals surface area contributed by atoms with Crippen LogP contribution in [0.4, 0.5) is 5.69 Å². The third-order valence-electron chi connectivity index (χ3n) is 7.81. The molecule has 43 heavy (non-hydrogen) atoms. The van der Waals surface area contributed by atoms with E-state index in [9.17, 15) is 4.79 Å². The van der Waals surface area contributed by atoms with E-state index in [0.717, 1.165) is 26.9 Å². The Hall–Kier alpha value is -3.82. The summed E-state index contributed by atoms with van der Waals surface area (Å²) in [5, 5.41) is 6.79. The second kappa shape index (κ2) is 13.7. The third kappa shape index (κ3) is 6.58. The number of fused-ring (bicyclic) bond motifs is 1. The second-order valence-corrected chi connectivity index (χ2v) is 11.5. The smallest absolute Gasteiger partial charge is 0.331 e. The highest BCUT2D eigenvalue weighted by Gasteiger charge is 2.60. The molecule has 2 aliphatic rings. The molecule has 220 valence electrons. The molecule has 0 N–H and O–H groups in total. The molecule has 0 amide bonds. The van der Waals surface area contributed by atoms with Crippen molar-refractivity contribution >= 4 is 33.3 Å². The lowest BCUT2D eigenvalue weighted by Crippen LogP contribution is -2.47. The third-order valence-corrected chi connectivity index (χ3v) is 8.34. The lowest BCUT2D eigenvalue weighted by atomic mass is 9.94. The molecule has 6 rings (SSSR count). The number of benzene rings is 4. The van der Waals surface area contributed by atoms with E-state index in [1.54, 1.807) is 5.01 Å². The lowest BCUT2D eigenvalue weighted by molar-refractivity contribution is -0.148. The lowest BCUT2D eigenvalue weighted by Gasteiger charge is -2.31. The Balaban J connectivity index is 1.39. The molecule has 0 unspecified atom stereocenters. The number of anilines is 1. The van der Waals surface area contributed by atoms with Crippen LogP contribution < -0.4 is 5.01 Å².